The summed E-state index contributed by atoms with van der Waals surface area (Å²) in [7, 11) is 0. The fourth-order valence-electron chi connectivity index (χ4n) is 7.15. The molecule has 0 aromatic heterocycles. The molecular weight excluding hydrogens is 745 g/mol. The highest BCUT2D eigenvalue weighted by atomic mass is 16.6. The summed E-state index contributed by atoms with van der Waals surface area (Å²) < 4.78 is 5.41. The molecule has 0 saturated carbocycles. The van der Waals surface area contributed by atoms with Crippen LogP contribution in [0.2, 0.25) is 0 Å². The van der Waals surface area contributed by atoms with Gasteiger partial charge >= 0.3 is 12.1 Å². The van der Waals surface area contributed by atoms with Gasteiger partial charge in [0.25, 0.3) is 0 Å². The third-order valence-electron chi connectivity index (χ3n) is 9.90. The van der Waals surface area contributed by atoms with Crippen molar-refractivity contribution in [3.63, 3.8) is 0 Å². The molecule has 312 valence electrons. The van der Waals surface area contributed by atoms with Gasteiger partial charge in [-0.05, 0) is 70.4 Å². The number of amides is 6. The number of carboxylic acids is 1. The Balaban J connectivity index is 1.52. The normalized spacial score (nSPS) is 18.5. The highest BCUT2D eigenvalue weighted by Crippen LogP contribution is 2.22. The quantitative estimate of drug-likeness (QED) is 0.141. The molecule has 0 radical (unpaired) electrons. The van der Waals surface area contributed by atoms with Crippen molar-refractivity contribution < 1.29 is 43.4 Å². The number of alkyl carbamates (subject to hydrolysis) is 1. The van der Waals surface area contributed by atoms with E-state index in [2.05, 4.69) is 34.4 Å². The van der Waals surface area contributed by atoms with Gasteiger partial charge in [-0.25, -0.2) is 9.59 Å². The summed E-state index contributed by atoms with van der Waals surface area (Å²) in [6, 6.07) is 11.5. The van der Waals surface area contributed by atoms with Crippen LogP contribution in [-0.2, 0) is 46.3 Å². The number of carboxylic acid groups (broad SMARTS) is 1. The van der Waals surface area contributed by atoms with Gasteiger partial charge in [0.05, 0.1) is 0 Å². The molecule has 4 rings (SSSR count). The van der Waals surface area contributed by atoms with Crippen molar-refractivity contribution in [2.75, 3.05) is 13.1 Å². The lowest BCUT2D eigenvalue weighted by molar-refractivity contribution is -0.149. The SMILES string of the molecule is C=CC[C@H](NC(=O)[C@@H](Cc1ccccc1)NC(=O)[C@@H]1CCCN1C(=O)[C@H](CC=C)NC(=O)[C@@H](Cc1ccccc1)NC(=O)OC(C)(C)C)C(=O)N1CCC[C@H]1C(=O)O. The second kappa shape index (κ2) is 21.0. The van der Waals surface area contributed by atoms with Gasteiger partial charge in [-0.2, -0.15) is 0 Å². The van der Waals surface area contributed by atoms with Gasteiger partial charge in [0.1, 0.15) is 41.9 Å². The van der Waals surface area contributed by atoms with Gasteiger partial charge in [0, 0.05) is 25.9 Å². The molecule has 5 N–H and O–H groups in total. The average molecular weight is 801 g/mol. The second-order valence-electron chi connectivity index (χ2n) is 15.5. The van der Waals surface area contributed by atoms with Crippen molar-refractivity contribution in [3.05, 3.63) is 97.1 Å². The zero-order valence-corrected chi connectivity index (χ0v) is 33.5. The molecule has 15 heteroatoms. The first-order valence-electron chi connectivity index (χ1n) is 19.7. The fraction of sp³-hybridized carbons (Fsp3) is 0.465. The molecule has 58 heavy (non-hydrogen) atoms. The molecule has 2 aromatic rings. The standard InChI is InChI=1S/C43H56N6O9/c1-6-16-30(45-37(51)33(27-29-20-12-9-13-21-29)47-42(57)58-43(3,4)5)39(53)48-24-14-22-34(48)38(52)46-32(26-28-18-10-8-11-19-28)36(50)44-31(17-7-2)40(54)49-25-15-23-35(49)41(55)56/h6-13,18-21,30-35H,1-2,14-17,22-27H2,3-5H3,(H,44,50)(H,45,51)(H,46,52)(H,47,57)(H,55,56)/t30-,31-,32+,33+,34-,35-/m0/s1. The molecule has 6 atom stereocenters. The zero-order chi connectivity index (χ0) is 42.4. The maximum Gasteiger partial charge on any atom is 0.408 e. The average Bonchev–Trinajstić information content (AvgIpc) is 3.88. The lowest BCUT2D eigenvalue weighted by Crippen LogP contribution is -2.59. The Labute approximate surface area is 339 Å². The largest absolute Gasteiger partial charge is 0.480 e. The van der Waals surface area contributed by atoms with Crippen LogP contribution in [0.1, 0.15) is 70.4 Å². The fourth-order valence-corrected chi connectivity index (χ4v) is 7.15. The third-order valence-corrected chi connectivity index (χ3v) is 9.90. The first-order chi connectivity index (χ1) is 27.6. The molecule has 6 amide bonds. The summed E-state index contributed by atoms with van der Waals surface area (Å²) in [4.78, 5) is 96.8. The van der Waals surface area contributed by atoms with Crippen LogP contribution in [0.5, 0.6) is 0 Å². The van der Waals surface area contributed by atoms with Gasteiger partial charge in [0.2, 0.25) is 29.5 Å². The van der Waals surface area contributed by atoms with E-state index >= 15 is 0 Å². The van der Waals surface area contributed by atoms with Crippen molar-refractivity contribution in [1.29, 1.82) is 0 Å². The number of likely N-dealkylation sites (tertiary alicyclic amines) is 2. The summed E-state index contributed by atoms with van der Waals surface area (Å²) in [6.07, 6.45) is 3.91. The third kappa shape index (κ3) is 12.8. The lowest BCUT2D eigenvalue weighted by Gasteiger charge is -2.31. The highest BCUT2D eigenvalue weighted by Gasteiger charge is 2.41. The Bertz CT molecular complexity index is 1800. The summed E-state index contributed by atoms with van der Waals surface area (Å²) in [6.45, 7) is 13.0. The Kier molecular flexibility index (Phi) is 16.2. The van der Waals surface area contributed by atoms with Gasteiger partial charge < -0.3 is 40.9 Å². The van der Waals surface area contributed by atoms with Crippen LogP contribution >= 0.6 is 0 Å². The van der Waals surface area contributed by atoms with Crippen LogP contribution in [0, 0.1) is 0 Å². The van der Waals surface area contributed by atoms with Gasteiger partial charge in [-0.1, -0.05) is 72.8 Å². The summed E-state index contributed by atoms with van der Waals surface area (Å²) in [5, 5.41) is 20.6. The van der Waals surface area contributed by atoms with E-state index in [0.717, 1.165) is 11.1 Å². The topological polar surface area (TPSA) is 204 Å². The van der Waals surface area contributed by atoms with Gasteiger partial charge in [-0.3, -0.25) is 24.0 Å². The highest BCUT2D eigenvalue weighted by molar-refractivity contribution is 5.97. The number of nitrogens with zero attached hydrogens (tertiary/aromatic N) is 2. The molecule has 2 heterocycles. The Morgan fingerprint density at radius 3 is 1.55 bits per heavy atom. The van der Waals surface area contributed by atoms with E-state index in [-0.39, 0.29) is 45.2 Å². The monoisotopic (exact) mass is 800 g/mol. The first kappa shape index (κ1) is 44.7. The first-order valence-corrected chi connectivity index (χ1v) is 19.7. The van der Waals surface area contributed by atoms with Crippen LogP contribution in [0.25, 0.3) is 0 Å². The lowest BCUT2D eigenvalue weighted by atomic mass is 10.0. The van der Waals surface area contributed by atoms with Crippen LogP contribution in [0.4, 0.5) is 4.79 Å². The molecule has 2 aromatic carbocycles. The number of hydrogen-bond donors (Lipinski definition) is 5. The minimum atomic E-state index is -1.18. The predicted octanol–water partition coefficient (Wildman–Crippen LogP) is 3.04. The van der Waals surface area contributed by atoms with E-state index in [0.29, 0.717) is 19.3 Å². The van der Waals surface area contributed by atoms with E-state index < -0.39 is 83.5 Å². The van der Waals surface area contributed by atoms with E-state index in [4.69, 9.17) is 4.74 Å². The molecule has 2 saturated heterocycles. The van der Waals surface area contributed by atoms with E-state index in [9.17, 15) is 38.7 Å². The maximum absolute atomic E-state index is 14.2. The number of hydrogen-bond acceptors (Lipinski definition) is 8. The van der Waals surface area contributed by atoms with Crippen molar-refractivity contribution in [2.45, 2.75) is 114 Å². The molecule has 2 aliphatic heterocycles. The van der Waals surface area contributed by atoms with Gasteiger partial charge in [-0.15, -0.1) is 13.2 Å². The smallest absolute Gasteiger partial charge is 0.408 e. The van der Waals surface area contributed by atoms with Crippen LogP contribution in [-0.4, -0.2) is 111 Å². The molecule has 15 nitrogen and oxygen atoms in total. The minimum absolute atomic E-state index is 0.0252. The van der Waals surface area contributed by atoms with Gasteiger partial charge in [0.15, 0.2) is 0 Å². The van der Waals surface area contributed by atoms with E-state index in [1.54, 1.807) is 57.2 Å². The summed E-state index contributed by atoms with van der Waals surface area (Å²) in [5.41, 5.74) is 0.657. The van der Waals surface area contributed by atoms with E-state index in [1.807, 2.05) is 24.3 Å². The van der Waals surface area contributed by atoms with Crippen molar-refractivity contribution in [3.8, 4) is 0 Å². The predicted molar refractivity (Wildman–Crippen MR) is 216 cm³/mol. The Morgan fingerprint density at radius 2 is 1.12 bits per heavy atom. The number of rotatable bonds is 18. The number of ether oxygens (including phenoxy) is 1. The van der Waals surface area contributed by atoms with Crippen LogP contribution in [0.3, 0.4) is 0 Å². The number of carbonyl (C=O) groups excluding carboxylic acids is 6. The van der Waals surface area contributed by atoms with Crippen molar-refractivity contribution in [2.24, 2.45) is 0 Å². The molecule has 0 unspecified atom stereocenters. The minimum Gasteiger partial charge on any atom is -0.480 e. The summed E-state index contributed by atoms with van der Waals surface area (Å²) >= 11 is 0. The second-order valence-corrected chi connectivity index (χ2v) is 15.5. The number of nitrogens with one attached hydrogen (secondary N) is 4. The molecule has 0 bridgehead atoms. The van der Waals surface area contributed by atoms with Crippen LogP contribution < -0.4 is 21.3 Å². The maximum atomic E-state index is 14.2. The van der Waals surface area contributed by atoms with Crippen molar-refractivity contribution in [1.82, 2.24) is 31.1 Å². The molecule has 0 spiro atoms. The Morgan fingerprint density at radius 1 is 0.690 bits per heavy atom. The Hall–Kier alpha value is -5.99. The van der Waals surface area contributed by atoms with E-state index in [1.165, 1.54) is 22.0 Å². The van der Waals surface area contributed by atoms with Crippen LogP contribution in [0.15, 0.2) is 86.0 Å². The number of aliphatic carboxylic acids is 1. The van der Waals surface area contributed by atoms with Crippen molar-refractivity contribution >= 4 is 41.6 Å². The molecule has 2 fully saturated rings. The zero-order valence-electron chi connectivity index (χ0n) is 33.5. The molecule has 2 aliphatic rings. The summed E-state index contributed by atoms with van der Waals surface area (Å²) in [5.74, 6) is -4.13. The molecular formula is C43H56N6O9. The number of carbonyl (C=O) groups is 7. The number of benzene rings is 2. The molecule has 0 aliphatic carbocycles.